The quantitative estimate of drug-likeness (QED) is 0.287. The van der Waals surface area contributed by atoms with Crippen LogP contribution in [0.25, 0.3) is 5.69 Å². The second-order valence-electron chi connectivity index (χ2n) is 5.64. The van der Waals surface area contributed by atoms with Gasteiger partial charge in [-0.2, -0.15) is 5.10 Å². The Hall–Kier alpha value is -3.59. The highest BCUT2D eigenvalue weighted by molar-refractivity contribution is 7.99. The van der Waals surface area contributed by atoms with E-state index in [-0.39, 0.29) is 11.3 Å². The number of benzene rings is 2. The Morgan fingerprint density at radius 3 is 2.34 bits per heavy atom. The lowest BCUT2D eigenvalue weighted by molar-refractivity contribution is 0.0586. The van der Waals surface area contributed by atoms with Crippen molar-refractivity contribution < 1.29 is 24.3 Å². The molecule has 1 heterocycles. The van der Waals surface area contributed by atoms with Gasteiger partial charge in [-0.1, -0.05) is 47.2 Å². The molecule has 0 unspecified atom stereocenters. The number of oxime groups is 1. The van der Waals surface area contributed by atoms with Crippen molar-refractivity contribution in [2.24, 2.45) is 5.16 Å². The molecule has 0 bridgehead atoms. The van der Waals surface area contributed by atoms with Crippen molar-refractivity contribution in [1.82, 2.24) is 9.78 Å². The maximum atomic E-state index is 12.3. The fourth-order valence-corrected chi connectivity index (χ4v) is 3.73. The first-order chi connectivity index (χ1) is 14.1. The molecule has 0 atom stereocenters. The molecule has 0 amide bonds. The number of rotatable bonds is 6. The van der Waals surface area contributed by atoms with Gasteiger partial charge in [0.05, 0.1) is 37.2 Å². The summed E-state index contributed by atoms with van der Waals surface area (Å²) in [5, 5.41) is 17.0. The average molecular weight is 411 g/mol. The molecule has 1 N–H and O–H groups in total. The van der Waals surface area contributed by atoms with Gasteiger partial charge < -0.3 is 14.7 Å². The van der Waals surface area contributed by atoms with E-state index in [2.05, 4.69) is 10.3 Å². The van der Waals surface area contributed by atoms with Crippen molar-refractivity contribution >= 4 is 29.9 Å². The Bertz CT molecular complexity index is 1060. The van der Waals surface area contributed by atoms with Crippen molar-refractivity contribution in [2.45, 2.75) is 9.92 Å². The maximum absolute atomic E-state index is 12.3. The van der Waals surface area contributed by atoms with Crippen LogP contribution in [-0.4, -0.2) is 47.4 Å². The van der Waals surface area contributed by atoms with Gasteiger partial charge in [-0.3, -0.25) is 0 Å². The molecule has 3 rings (SSSR count). The molecule has 0 spiro atoms. The van der Waals surface area contributed by atoms with Crippen molar-refractivity contribution in [2.75, 3.05) is 14.2 Å². The molecule has 0 aliphatic rings. The van der Waals surface area contributed by atoms with Crippen LogP contribution in [-0.2, 0) is 9.47 Å². The molecule has 29 heavy (non-hydrogen) atoms. The molecule has 1 aromatic heterocycles. The molecule has 0 radical (unpaired) electrons. The molecule has 0 aliphatic carbocycles. The summed E-state index contributed by atoms with van der Waals surface area (Å²) in [6.07, 6.45) is 1.11. The van der Waals surface area contributed by atoms with Crippen LogP contribution in [0.4, 0.5) is 0 Å². The normalized spacial score (nSPS) is 10.8. The predicted octanol–water partition coefficient (Wildman–Crippen LogP) is 3.40. The summed E-state index contributed by atoms with van der Waals surface area (Å²) < 4.78 is 11.2. The summed E-state index contributed by atoms with van der Waals surface area (Å²) in [4.78, 5) is 25.0. The third-order valence-electron chi connectivity index (χ3n) is 3.94. The van der Waals surface area contributed by atoms with E-state index in [9.17, 15) is 9.59 Å². The van der Waals surface area contributed by atoms with Crippen LogP contribution in [0.5, 0.6) is 0 Å². The molecular formula is C20H17N3O5S. The third kappa shape index (κ3) is 4.14. The number of carbonyl (C=O) groups excluding carboxylic acids is 2. The zero-order valence-electron chi connectivity index (χ0n) is 15.6. The fourth-order valence-electron chi connectivity index (χ4n) is 2.62. The standard InChI is InChI=1S/C20H17N3O5S/c1-27-19(24)14-10-6-7-11-16(14)29-18-15(12-21-26)17(20(25)28-2)22-23(18)13-8-4-3-5-9-13/h3-12,26H,1-2H3/b21-12-. The third-order valence-corrected chi connectivity index (χ3v) is 5.11. The Kier molecular flexibility index (Phi) is 6.30. The zero-order valence-corrected chi connectivity index (χ0v) is 16.4. The van der Waals surface area contributed by atoms with Crippen molar-refractivity contribution in [1.29, 1.82) is 0 Å². The summed E-state index contributed by atoms with van der Waals surface area (Å²) in [5.41, 5.74) is 1.26. The molecule has 0 saturated carbocycles. The zero-order chi connectivity index (χ0) is 20.8. The molecule has 148 valence electrons. The van der Waals surface area contributed by atoms with E-state index >= 15 is 0 Å². The predicted molar refractivity (Wildman–Crippen MR) is 106 cm³/mol. The number of hydrogen-bond acceptors (Lipinski definition) is 8. The van der Waals surface area contributed by atoms with Gasteiger partial charge in [-0.15, -0.1) is 0 Å². The van der Waals surface area contributed by atoms with E-state index in [1.54, 1.807) is 24.3 Å². The number of ether oxygens (including phenoxy) is 2. The van der Waals surface area contributed by atoms with E-state index in [1.807, 2.05) is 30.3 Å². The molecule has 8 nitrogen and oxygen atoms in total. The highest BCUT2D eigenvalue weighted by Crippen LogP contribution is 2.35. The van der Waals surface area contributed by atoms with E-state index in [1.165, 1.54) is 30.7 Å². The first kappa shape index (κ1) is 20.2. The summed E-state index contributed by atoms with van der Waals surface area (Å²) in [6, 6.07) is 16.0. The van der Waals surface area contributed by atoms with E-state index in [4.69, 9.17) is 14.7 Å². The van der Waals surface area contributed by atoms with Crippen LogP contribution < -0.4 is 0 Å². The average Bonchev–Trinajstić information content (AvgIpc) is 3.12. The minimum atomic E-state index is -0.683. The minimum absolute atomic E-state index is 0.0211. The fraction of sp³-hybridized carbons (Fsp3) is 0.100. The Balaban J connectivity index is 2.23. The van der Waals surface area contributed by atoms with Gasteiger partial charge in [0, 0.05) is 4.90 Å². The van der Waals surface area contributed by atoms with E-state index < -0.39 is 11.9 Å². The molecule has 2 aromatic carbocycles. The lowest BCUT2D eigenvalue weighted by Crippen LogP contribution is -2.06. The SMILES string of the molecule is COC(=O)c1ccccc1Sc1c(/C=N\O)c(C(=O)OC)nn1-c1ccccc1. The summed E-state index contributed by atoms with van der Waals surface area (Å²) >= 11 is 1.18. The molecule has 3 aromatic rings. The van der Waals surface area contributed by atoms with E-state index in [0.717, 1.165) is 6.21 Å². The molecule has 9 heteroatoms. The number of hydrogen-bond donors (Lipinski definition) is 1. The Labute approximate surface area is 170 Å². The Morgan fingerprint density at radius 2 is 1.69 bits per heavy atom. The Morgan fingerprint density at radius 1 is 1.03 bits per heavy atom. The number of methoxy groups -OCH3 is 2. The van der Waals surface area contributed by atoms with Gasteiger partial charge in [0.1, 0.15) is 5.03 Å². The highest BCUT2D eigenvalue weighted by atomic mass is 32.2. The summed E-state index contributed by atoms with van der Waals surface area (Å²) in [5.74, 6) is -1.18. The number of esters is 2. The second kappa shape index (κ2) is 9.07. The lowest BCUT2D eigenvalue weighted by atomic mass is 10.2. The minimum Gasteiger partial charge on any atom is -0.465 e. The largest absolute Gasteiger partial charge is 0.465 e. The van der Waals surface area contributed by atoms with Gasteiger partial charge in [0.15, 0.2) is 5.69 Å². The highest BCUT2D eigenvalue weighted by Gasteiger charge is 2.25. The first-order valence-corrected chi connectivity index (χ1v) is 9.21. The van der Waals surface area contributed by atoms with Gasteiger partial charge in [0.25, 0.3) is 0 Å². The van der Waals surface area contributed by atoms with Crippen molar-refractivity contribution in [3.63, 3.8) is 0 Å². The molecular weight excluding hydrogens is 394 g/mol. The number of para-hydroxylation sites is 1. The van der Waals surface area contributed by atoms with Crippen molar-refractivity contribution in [3.8, 4) is 5.69 Å². The van der Waals surface area contributed by atoms with Crippen LogP contribution in [0.3, 0.4) is 0 Å². The van der Waals surface area contributed by atoms with Gasteiger partial charge in [-0.25, -0.2) is 14.3 Å². The summed E-state index contributed by atoms with van der Waals surface area (Å²) in [6.45, 7) is 0. The number of aromatic nitrogens is 2. The van der Waals surface area contributed by atoms with E-state index in [0.29, 0.717) is 21.2 Å². The second-order valence-corrected chi connectivity index (χ2v) is 6.67. The van der Waals surface area contributed by atoms with Gasteiger partial charge >= 0.3 is 11.9 Å². The maximum Gasteiger partial charge on any atom is 0.359 e. The smallest absolute Gasteiger partial charge is 0.359 e. The summed E-state index contributed by atoms with van der Waals surface area (Å²) in [7, 11) is 2.54. The van der Waals surface area contributed by atoms with Crippen LogP contribution in [0.1, 0.15) is 26.4 Å². The van der Waals surface area contributed by atoms with Crippen LogP contribution >= 0.6 is 11.8 Å². The van der Waals surface area contributed by atoms with Crippen LogP contribution in [0, 0.1) is 0 Å². The monoisotopic (exact) mass is 411 g/mol. The lowest BCUT2D eigenvalue weighted by Gasteiger charge is -2.10. The van der Waals surface area contributed by atoms with Crippen LogP contribution in [0.15, 0.2) is 69.7 Å². The van der Waals surface area contributed by atoms with Crippen molar-refractivity contribution in [3.05, 3.63) is 71.4 Å². The topological polar surface area (TPSA) is 103 Å². The number of carbonyl (C=O) groups is 2. The first-order valence-electron chi connectivity index (χ1n) is 8.40. The van der Waals surface area contributed by atoms with Gasteiger partial charge in [0.2, 0.25) is 0 Å². The molecule has 0 aliphatic heterocycles. The van der Waals surface area contributed by atoms with Crippen LogP contribution in [0.2, 0.25) is 0 Å². The van der Waals surface area contributed by atoms with Gasteiger partial charge in [-0.05, 0) is 24.3 Å². The molecule has 0 saturated heterocycles. The molecule has 0 fully saturated rings. The number of nitrogens with zero attached hydrogens (tertiary/aromatic N) is 3.